The Morgan fingerprint density at radius 3 is 2.64 bits per heavy atom. The van der Waals surface area contributed by atoms with E-state index in [2.05, 4.69) is 22.0 Å². The maximum absolute atomic E-state index is 9.91. The van der Waals surface area contributed by atoms with Crippen molar-refractivity contribution in [1.29, 1.82) is 5.26 Å². The molecule has 0 heterocycles. The molecule has 0 spiro atoms. The summed E-state index contributed by atoms with van der Waals surface area (Å²) in [5.41, 5.74) is 0.779. The third-order valence-corrected chi connectivity index (χ3v) is 2.93. The highest BCUT2D eigenvalue weighted by molar-refractivity contribution is 9.10. The lowest BCUT2D eigenvalue weighted by Gasteiger charge is -2.16. The number of rotatable bonds is 3. The third-order valence-electron chi connectivity index (χ3n) is 2.21. The van der Waals surface area contributed by atoms with E-state index in [0.29, 0.717) is 6.42 Å². The molecule has 1 N–H and O–H groups in total. The average molecular weight is 254 g/mol. The fourth-order valence-electron chi connectivity index (χ4n) is 1.32. The van der Waals surface area contributed by atoms with E-state index in [1.165, 1.54) is 0 Å². The van der Waals surface area contributed by atoms with E-state index in [0.717, 1.165) is 10.0 Å². The van der Waals surface area contributed by atoms with Crippen molar-refractivity contribution in [3.8, 4) is 6.07 Å². The Morgan fingerprint density at radius 1 is 1.50 bits per heavy atom. The molecule has 0 saturated carbocycles. The Morgan fingerprint density at radius 2 is 2.14 bits per heavy atom. The molecule has 1 aromatic carbocycles. The molecule has 1 aromatic rings. The molecular formula is C11H12BrNO. The average Bonchev–Trinajstić information content (AvgIpc) is 2.20. The highest BCUT2D eigenvalue weighted by atomic mass is 79.9. The molecule has 0 aliphatic rings. The van der Waals surface area contributed by atoms with E-state index in [-0.39, 0.29) is 5.92 Å². The van der Waals surface area contributed by atoms with Crippen LogP contribution < -0.4 is 0 Å². The molecule has 14 heavy (non-hydrogen) atoms. The summed E-state index contributed by atoms with van der Waals surface area (Å²) in [5, 5.41) is 18.7. The number of aliphatic hydroxyl groups excluding tert-OH is 1. The minimum atomic E-state index is -0.708. The summed E-state index contributed by atoms with van der Waals surface area (Å²) < 4.78 is 0.848. The van der Waals surface area contributed by atoms with Crippen molar-refractivity contribution in [1.82, 2.24) is 0 Å². The van der Waals surface area contributed by atoms with Gasteiger partial charge in [-0.1, -0.05) is 41.1 Å². The maximum atomic E-state index is 9.91. The number of nitriles is 1. The second-order valence-corrected chi connectivity index (χ2v) is 3.96. The second-order valence-electron chi connectivity index (χ2n) is 3.11. The molecule has 0 bridgehead atoms. The highest BCUT2D eigenvalue weighted by Gasteiger charge is 2.20. The van der Waals surface area contributed by atoms with Crippen LogP contribution in [0.15, 0.2) is 28.7 Å². The summed E-state index contributed by atoms with van der Waals surface area (Å²) in [4.78, 5) is 0. The Bertz CT molecular complexity index is 345. The van der Waals surface area contributed by atoms with Gasteiger partial charge >= 0.3 is 0 Å². The van der Waals surface area contributed by atoms with Gasteiger partial charge in [-0.15, -0.1) is 0 Å². The minimum absolute atomic E-state index is 0.339. The Labute approximate surface area is 92.3 Å². The zero-order chi connectivity index (χ0) is 10.6. The Kier molecular flexibility index (Phi) is 4.12. The van der Waals surface area contributed by atoms with Crippen molar-refractivity contribution in [3.05, 3.63) is 34.3 Å². The van der Waals surface area contributed by atoms with Crippen molar-refractivity contribution in [2.24, 2.45) is 5.92 Å². The van der Waals surface area contributed by atoms with Gasteiger partial charge in [0.25, 0.3) is 0 Å². The van der Waals surface area contributed by atoms with Crippen LogP contribution in [0.2, 0.25) is 0 Å². The predicted molar refractivity (Wildman–Crippen MR) is 58.5 cm³/mol. The van der Waals surface area contributed by atoms with Crippen LogP contribution in [-0.4, -0.2) is 5.11 Å². The Hall–Kier alpha value is -0.850. The van der Waals surface area contributed by atoms with Gasteiger partial charge in [-0.25, -0.2) is 0 Å². The van der Waals surface area contributed by atoms with Crippen LogP contribution in [0, 0.1) is 17.2 Å². The smallest absolute Gasteiger partial charge is 0.0958 e. The summed E-state index contributed by atoms with van der Waals surface area (Å²) in [5.74, 6) is -0.339. The van der Waals surface area contributed by atoms with E-state index in [1.807, 2.05) is 31.2 Å². The molecule has 1 rings (SSSR count). The fourth-order valence-corrected chi connectivity index (χ4v) is 1.84. The summed E-state index contributed by atoms with van der Waals surface area (Å²) in [7, 11) is 0. The number of halogens is 1. The summed E-state index contributed by atoms with van der Waals surface area (Å²) in [6.45, 7) is 1.90. The zero-order valence-corrected chi connectivity index (χ0v) is 9.53. The molecule has 0 aliphatic carbocycles. The van der Waals surface area contributed by atoms with Crippen LogP contribution in [0.1, 0.15) is 25.0 Å². The van der Waals surface area contributed by atoms with Crippen LogP contribution in [0.5, 0.6) is 0 Å². The molecule has 2 unspecified atom stereocenters. The number of hydrogen-bond donors (Lipinski definition) is 1. The highest BCUT2D eigenvalue weighted by Crippen LogP contribution is 2.29. The lowest BCUT2D eigenvalue weighted by Crippen LogP contribution is -2.10. The predicted octanol–water partition coefficient (Wildman–Crippen LogP) is 3.03. The zero-order valence-electron chi connectivity index (χ0n) is 7.94. The summed E-state index contributed by atoms with van der Waals surface area (Å²) in [6.07, 6.45) is -0.0560. The first kappa shape index (κ1) is 11.2. The molecule has 0 fully saturated rings. The Balaban J connectivity index is 2.95. The number of hydrogen-bond acceptors (Lipinski definition) is 2. The molecule has 0 amide bonds. The van der Waals surface area contributed by atoms with Gasteiger partial charge in [0.1, 0.15) is 0 Å². The standard InChI is InChI=1S/C11H12BrNO/c1-2-8(7-13)11(14)9-5-3-4-6-10(9)12/h3-6,8,11,14H,2H2,1H3. The number of nitrogens with zero attached hydrogens (tertiary/aromatic N) is 1. The molecule has 0 saturated heterocycles. The lowest BCUT2D eigenvalue weighted by molar-refractivity contribution is 0.132. The van der Waals surface area contributed by atoms with E-state index in [9.17, 15) is 5.11 Å². The third kappa shape index (κ3) is 2.34. The van der Waals surface area contributed by atoms with Gasteiger partial charge in [-0.3, -0.25) is 0 Å². The quantitative estimate of drug-likeness (QED) is 0.900. The van der Waals surface area contributed by atoms with Crippen molar-refractivity contribution < 1.29 is 5.11 Å². The van der Waals surface area contributed by atoms with Crippen LogP contribution in [0.25, 0.3) is 0 Å². The molecule has 3 heteroatoms. The van der Waals surface area contributed by atoms with Crippen molar-refractivity contribution in [2.45, 2.75) is 19.4 Å². The SMILES string of the molecule is CCC(C#N)C(O)c1ccccc1Br. The van der Waals surface area contributed by atoms with Crippen molar-refractivity contribution >= 4 is 15.9 Å². The number of aliphatic hydroxyl groups is 1. The van der Waals surface area contributed by atoms with E-state index < -0.39 is 6.10 Å². The topological polar surface area (TPSA) is 44.0 Å². The summed E-state index contributed by atoms with van der Waals surface area (Å²) in [6, 6.07) is 9.54. The van der Waals surface area contributed by atoms with Gasteiger partial charge in [0.2, 0.25) is 0 Å². The van der Waals surface area contributed by atoms with Gasteiger partial charge in [-0.2, -0.15) is 5.26 Å². The first-order valence-electron chi connectivity index (χ1n) is 4.52. The van der Waals surface area contributed by atoms with Crippen LogP contribution in [0.3, 0.4) is 0 Å². The molecule has 0 aromatic heterocycles. The molecular weight excluding hydrogens is 242 g/mol. The van der Waals surface area contributed by atoms with Crippen molar-refractivity contribution in [2.75, 3.05) is 0 Å². The molecule has 0 aliphatic heterocycles. The normalized spacial score (nSPS) is 14.4. The molecule has 0 radical (unpaired) electrons. The fraction of sp³-hybridized carbons (Fsp3) is 0.364. The van der Waals surface area contributed by atoms with E-state index in [4.69, 9.17) is 5.26 Å². The first-order chi connectivity index (χ1) is 6.70. The van der Waals surface area contributed by atoms with Gasteiger partial charge in [-0.05, 0) is 18.1 Å². The van der Waals surface area contributed by atoms with Gasteiger partial charge in [0, 0.05) is 4.47 Å². The van der Waals surface area contributed by atoms with E-state index in [1.54, 1.807) is 0 Å². The largest absolute Gasteiger partial charge is 0.387 e. The second kappa shape index (κ2) is 5.14. The monoisotopic (exact) mass is 253 g/mol. The van der Waals surface area contributed by atoms with Gasteiger partial charge < -0.3 is 5.11 Å². The van der Waals surface area contributed by atoms with Gasteiger partial charge in [0.05, 0.1) is 18.1 Å². The van der Waals surface area contributed by atoms with Crippen LogP contribution in [0.4, 0.5) is 0 Å². The molecule has 74 valence electrons. The van der Waals surface area contributed by atoms with E-state index >= 15 is 0 Å². The number of benzene rings is 1. The van der Waals surface area contributed by atoms with Gasteiger partial charge in [0.15, 0.2) is 0 Å². The first-order valence-corrected chi connectivity index (χ1v) is 5.32. The van der Waals surface area contributed by atoms with Crippen molar-refractivity contribution in [3.63, 3.8) is 0 Å². The maximum Gasteiger partial charge on any atom is 0.0958 e. The minimum Gasteiger partial charge on any atom is -0.387 e. The van der Waals surface area contributed by atoms with Crippen LogP contribution >= 0.6 is 15.9 Å². The molecule has 2 atom stereocenters. The lowest BCUT2D eigenvalue weighted by atomic mass is 9.95. The summed E-state index contributed by atoms with van der Waals surface area (Å²) >= 11 is 3.35. The van der Waals surface area contributed by atoms with Crippen LogP contribution in [-0.2, 0) is 0 Å². The molecule has 2 nitrogen and oxygen atoms in total.